The molecule has 0 atom stereocenters. The summed E-state index contributed by atoms with van der Waals surface area (Å²) in [6.07, 6.45) is 7.66. The number of sulfonamides is 1. The molecular weight excluding hydrogens is 448 g/mol. The van der Waals surface area contributed by atoms with Gasteiger partial charge in [0.2, 0.25) is 10.0 Å². The fraction of sp³-hybridized carbons (Fsp3) is 0.462. The molecule has 3 N–H and O–H groups in total. The van der Waals surface area contributed by atoms with Gasteiger partial charge in [-0.15, -0.1) is 0 Å². The van der Waals surface area contributed by atoms with Crippen LogP contribution in [0.25, 0.3) is 0 Å². The third-order valence-electron chi connectivity index (χ3n) is 7.69. The van der Waals surface area contributed by atoms with Crippen molar-refractivity contribution in [2.45, 2.75) is 55.9 Å². The van der Waals surface area contributed by atoms with E-state index in [1.807, 2.05) is 24.3 Å². The molecule has 2 aromatic rings. The van der Waals surface area contributed by atoms with Crippen LogP contribution in [-0.4, -0.2) is 26.4 Å². The topological polar surface area (TPSA) is 111 Å². The Morgan fingerprint density at radius 2 is 1.65 bits per heavy atom. The number of amides is 1. The molecule has 4 saturated carbocycles. The first-order valence-electron chi connectivity index (χ1n) is 11.9. The van der Waals surface area contributed by atoms with Crippen molar-refractivity contribution in [1.29, 1.82) is 5.26 Å². The number of aryl methyl sites for hydroxylation is 1. The number of anilines is 2. The van der Waals surface area contributed by atoms with E-state index in [-0.39, 0.29) is 28.4 Å². The number of para-hydroxylation sites is 2. The van der Waals surface area contributed by atoms with E-state index >= 15 is 0 Å². The summed E-state index contributed by atoms with van der Waals surface area (Å²) in [6.45, 7) is 1.33. The van der Waals surface area contributed by atoms with Gasteiger partial charge in [-0.25, -0.2) is 8.42 Å². The summed E-state index contributed by atoms with van der Waals surface area (Å²) in [4.78, 5) is 13.1. The second-order valence-electron chi connectivity index (χ2n) is 10.3. The zero-order valence-electron chi connectivity index (χ0n) is 19.3. The lowest BCUT2D eigenvalue weighted by atomic mass is 9.53. The Kier molecular flexibility index (Phi) is 5.86. The van der Waals surface area contributed by atoms with Crippen molar-refractivity contribution in [2.75, 3.05) is 17.2 Å². The molecule has 7 nitrogen and oxygen atoms in total. The van der Waals surface area contributed by atoms with Gasteiger partial charge >= 0.3 is 0 Å². The highest BCUT2D eigenvalue weighted by Gasteiger charge is 2.51. The first-order chi connectivity index (χ1) is 16.3. The minimum Gasteiger partial charge on any atom is -0.378 e. The fourth-order valence-electron chi connectivity index (χ4n) is 6.68. The Bertz CT molecular complexity index is 1230. The SMILES string of the molecule is Cc1ccc(C(=O)Nc2ccccc2NC23CC4CC(CC(C4)C2)C3)cc1S(=O)(=O)NCC#N. The van der Waals surface area contributed by atoms with Crippen LogP contribution in [0.15, 0.2) is 47.4 Å². The van der Waals surface area contributed by atoms with Crippen molar-refractivity contribution in [3.8, 4) is 6.07 Å². The third-order valence-corrected chi connectivity index (χ3v) is 9.24. The van der Waals surface area contributed by atoms with Gasteiger partial charge in [0.15, 0.2) is 0 Å². The molecule has 34 heavy (non-hydrogen) atoms. The average molecular weight is 479 g/mol. The quantitative estimate of drug-likeness (QED) is 0.510. The molecule has 0 unspecified atom stereocenters. The third kappa shape index (κ3) is 4.42. The van der Waals surface area contributed by atoms with Crippen LogP contribution in [0.5, 0.6) is 0 Å². The number of nitrogens with one attached hydrogen (secondary N) is 3. The minimum atomic E-state index is -3.89. The molecule has 0 heterocycles. The molecule has 1 amide bonds. The Morgan fingerprint density at radius 3 is 2.26 bits per heavy atom. The van der Waals surface area contributed by atoms with Crippen LogP contribution >= 0.6 is 0 Å². The second kappa shape index (κ2) is 8.71. The van der Waals surface area contributed by atoms with Crippen LogP contribution in [0, 0.1) is 36.0 Å². The van der Waals surface area contributed by atoms with Crippen LogP contribution in [-0.2, 0) is 10.0 Å². The van der Waals surface area contributed by atoms with E-state index in [1.54, 1.807) is 25.1 Å². The van der Waals surface area contributed by atoms with Crippen molar-refractivity contribution < 1.29 is 13.2 Å². The normalized spacial score (nSPS) is 27.2. The van der Waals surface area contributed by atoms with Crippen LogP contribution in [0.4, 0.5) is 11.4 Å². The second-order valence-corrected chi connectivity index (χ2v) is 12.0. The maximum Gasteiger partial charge on any atom is 0.255 e. The monoisotopic (exact) mass is 478 g/mol. The van der Waals surface area contributed by atoms with E-state index < -0.39 is 10.0 Å². The summed E-state index contributed by atoms with van der Waals surface area (Å²) in [5.41, 5.74) is 2.45. The van der Waals surface area contributed by atoms with Gasteiger partial charge < -0.3 is 10.6 Å². The number of carbonyl (C=O) groups is 1. The molecule has 0 spiro atoms. The molecule has 0 radical (unpaired) electrons. The van der Waals surface area contributed by atoms with Crippen LogP contribution < -0.4 is 15.4 Å². The van der Waals surface area contributed by atoms with Crippen molar-refractivity contribution in [3.63, 3.8) is 0 Å². The lowest BCUT2D eigenvalue weighted by Gasteiger charge is -2.57. The number of hydrogen-bond donors (Lipinski definition) is 3. The molecule has 178 valence electrons. The Labute approximate surface area is 201 Å². The summed E-state index contributed by atoms with van der Waals surface area (Å²) in [6, 6.07) is 14.1. The first-order valence-corrected chi connectivity index (χ1v) is 13.4. The van der Waals surface area contributed by atoms with Gasteiger partial charge in [-0.2, -0.15) is 9.98 Å². The fourth-order valence-corrected chi connectivity index (χ4v) is 7.87. The Morgan fingerprint density at radius 1 is 1.03 bits per heavy atom. The van der Waals surface area contributed by atoms with Gasteiger partial charge in [-0.3, -0.25) is 4.79 Å². The summed E-state index contributed by atoms with van der Waals surface area (Å²) >= 11 is 0. The molecule has 4 fully saturated rings. The van der Waals surface area contributed by atoms with E-state index in [0.29, 0.717) is 11.3 Å². The number of rotatable bonds is 7. The van der Waals surface area contributed by atoms with Crippen LogP contribution in [0.3, 0.4) is 0 Å². The molecule has 6 rings (SSSR count). The minimum absolute atomic E-state index is 0.00428. The molecule has 0 aliphatic heterocycles. The van der Waals surface area contributed by atoms with Crippen molar-refractivity contribution >= 4 is 27.3 Å². The Hall–Kier alpha value is -2.89. The lowest BCUT2D eigenvalue weighted by molar-refractivity contribution is 0.0107. The molecule has 0 saturated heterocycles. The molecule has 8 heteroatoms. The maximum absolute atomic E-state index is 13.1. The first kappa shape index (κ1) is 22.9. The summed E-state index contributed by atoms with van der Waals surface area (Å²) < 4.78 is 27.3. The standard InChI is InChI=1S/C26H30N4O3S/c1-17-6-7-21(13-24(17)34(32,33)28-9-8-27)25(31)29-22-4-2-3-5-23(22)30-26-14-18-10-19(15-26)12-20(11-18)16-26/h2-7,13,18-20,28,30H,9-12,14-16H2,1H3,(H,29,31). The molecule has 0 aromatic heterocycles. The predicted molar refractivity (Wildman–Crippen MR) is 131 cm³/mol. The van der Waals surface area contributed by atoms with E-state index in [4.69, 9.17) is 5.26 Å². The van der Waals surface area contributed by atoms with E-state index in [9.17, 15) is 13.2 Å². The van der Waals surface area contributed by atoms with Gasteiger partial charge in [-0.1, -0.05) is 18.2 Å². The van der Waals surface area contributed by atoms with Gasteiger partial charge in [0.25, 0.3) is 5.91 Å². The Balaban J connectivity index is 1.37. The lowest BCUT2D eigenvalue weighted by Crippen LogP contribution is -2.54. The highest BCUT2D eigenvalue weighted by atomic mass is 32.2. The van der Waals surface area contributed by atoms with E-state index in [0.717, 1.165) is 23.4 Å². The van der Waals surface area contributed by atoms with Gasteiger partial charge in [-0.05, 0) is 93.0 Å². The molecule has 2 aromatic carbocycles. The van der Waals surface area contributed by atoms with Crippen LogP contribution in [0.1, 0.15) is 54.4 Å². The number of carbonyl (C=O) groups excluding carboxylic acids is 1. The van der Waals surface area contributed by atoms with E-state index in [2.05, 4.69) is 15.4 Å². The largest absolute Gasteiger partial charge is 0.378 e. The average Bonchev–Trinajstić information content (AvgIpc) is 2.78. The zero-order valence-corrected chi connectivity index (χ0v) is 20.1. The zero-order chi connectivity index (χ0) is 23.9. The summed E-state index contributed by atoms with van der Waals surface area (Å²) in [5, 5.41) is 15.5. The molecule has 4 aliphatic rings. The number of nitrogens with zero attached hydrogens (tertiary/aromatic N) is 1. The maximum atomic E-state index is 13.1. The predicted octanol–water partition coefficient (Wildman–Crippen LogP) is 4.43. The van der Waals surface area contributed by atoms with Crippen molar-refractivity contribution in [1.82, 2.24) is 4.72 Å². The molecule has 4 aliphatic carbocycles. The van der Waals surface area contributed by atoms with Gasteiger partial charge in [0, 0.05) is 11.1 Å². The highest BCUT2D eigenvalue weighted by Crippen LogP contribution is 2.56. The number of hydrogen-bond acceptors (Lipinski definition) is 5. The number of benzene rings is 2. The van der Waals surface area contributed by atoms with Gasteiger partial charge in [0.1, 0.15) is 0 Å². The van der Waals surface area contributed by atoms with Gasteiger partial charge in [0.05, 0.1) is 28.9 Å². The summed E-state index contributed by atoms with van der Waals surface area (Å²) in [7, 11) is -3.89. The van der Waals surface area contributed by atoms with Crippen molar-refractivity contribution in [3.05, 3.63) is 53.6 Å². The molecule has 4 bridgehead atoms. The highest BCUT2D eigenvalue weighted by molar-refractivity contribution is 7.89. The van der Waals surface area contributed by atoms with Crippen LogP contribution in [0.2, 0.25) is 0 Å². The molecular formula is C26H30N4O3S. The van der Waals surface area contributed by atoms with Crippen molar-refractivity contribution in [2.24, 2.45) is 17.8 Å². The summed E-state index contributed by atoms with van der Waals surface area (Å²) in [5.74, 6) is 2.05. The number of nitriles is 1. The smallest absolute Gasteiger partial charge is 0.255 e. The van der Waals surface area contributed by atoms with E-state index in [1.165, 1.54) is 44.6 Å².